The second kappa shape index (κ2) is 5.80. The summed E-state index contributed by atoms with van der Waals surface area (Å²) in [6, 6.07) is 6.78. The van der Waals surface area contributed by atoms with E-state index in [1.807, 2.05) is 11.5 Å². The second-order valence-electron chi connectivity index (χ2n) is 4.34. The van der Waals surface area contributed by atoms with Gasteiger partial charge in [0, 0.05) is 13.1 Å². The van der Waals surface area contributed by atoms with Gasteiger partial charge in [0.1, 0.15) is 5.82 Å². The molecule has 0 spiro atoms. The summed E-state index contributed by atoms with van der Waals surface area (Å²) in [6.45, 7) is 2.68. The van der Waals surface area contributed by atoms with Crippen molar-refractivity contribution in [3.8, 4) is 6.07 Å². The molecule has 1 aromatic heterocycles. The van der Waals surface area contributed by atoms with Gasteiger partial charge < -0.3 is 15.6 Å². The van der Waals surface area contributed by atoms with Crippen molar-refractivity contribution >= 4 is 28.7 Å². The summed E-state index contributed by atoms with van der Waals surface area (Å²) in [7, 11) is 0. The van der Waals surface area contributed by atoms with E-state index in [2.05, 4.69) is 16.4 Å². The molecule has 104 valence electrons. The largest absolute Gasteiger partial charge is 0.352 e. The van der Waals surface area contributed by atoms with Gasteiger partial charge in [0.2, 0.25) is 0 Å². The summed E-state index contributed by atoms with van der Waals surface area (Å²) in [4.78, 5) is 15.2. The van der Waals surface area contributed by atoms with E-state index in [1.54, 1.807) is 18.2 Å². The van der Waals surface area contributed by atoms with E-state index < -0.39 is 6.03 Å². The van der Waals surface area contributed by atoms with Crippen molar-refractivity contribution in [1.82, 2.24) is 14.9 Å². The normalized spacial score (nSPS) is 12.1. The number of rotatable bonds is 4. The van der Waals surface area contributed by atoms with Crippen LogP contribution in [0.5, 0.6) is 0 Å². The van der Waals surface area contributed by atoms with Crippen LogP contribution in [0.3, 0.4) is 0 Å². The first-order chi connectivity index (χ1) is 9.52. The van der Waals surface area contributed by atoms with Gasteiger partial charge in [0.05, 0.1) is 28.0 Å². The van der Waals surface area contributed by atoms with Crippen LogP contribution in [-0.2, 0) is 6.54 Å². The summed E-state index contributed by atoms with van der Waals surface area (Å²) >= 11 is 6.13. The van der Waals surface area contributed by atoms with Crippen LogP contribution < -0.4 is 11.1 Å². The van der Waals surface area contributed by atoms with Gasteiger partial charge in [-0.15, -0.1) is 11.6 Å². The maximum atomic E-state index is 10.7. The molecule has 0 aliphatic heterocycles. The molecule has 0 bridgehead atoms. The minimum absolute atomic E-state index is 0.276. The molecule has 2 amide bonds. The number of aromatic nitrogens is 2. The number of hydrogen-bond donors (Lipinski definition) is 2. The van der Waals surface area contributed by atoms with Gasteiger partial charge in [0.25, 0.3) is 0 Å². The molecule has 0 radical (unpaired) electrons. The number of imidazole rings is 1. The average molecular weight is 292 g/mol. The standard InChI is InChI=1S/C13H14ClN5O/c1-8(14)12-18-10-3-2-9(7-15)6-11(10)19(12)5-4-17-13(16)20/h2-3,6,8H,4-5H2,1H3,(H3,16,17,20). The number of carbonyl (C=O) groups excluding carboxylic acids is 1. The Morgan fingerprint density at radius 1 is 1.65 bits per heavy atom. The van der Waals surface area contributed by atoms with Gasteiger partial charge in [-0.3, -0.25) is 0 Å². The number of nitriles is 1. The molecule has 1 unspecified atom stereocenters. The Morgan fingerprint density at radius 2 is 2.40 bits per heavy atom. The number of nitrogens with one attached hydrogen (secondary N) is 1. The Labute approximate surface area is 121 Å². The van der Waals surface area contributed by atoms with Gasteiger partial charge in [-0.2, -0.15) is 5.26 Å². The Balaban J connectivity index is 2.44. The number of amides is 2. The lowest BCUT2D eigenvalue weighted by atomic mass is 10.2. The Bertz CT molecular complexity index is 686. The number of primary amides is 1. The lowest BCUT2D eigenvalue weighted by Crippen LogP contribution is -2.32. The lowest BCUT2D eigenvalue weighted by Gasteiger charge is -2.10. The van der Waals surface area contributed by atoms with Crippen molar-refractivity contribution < 1.29 is 4.79 Å². The SMILES string of the molecule is CC(Cl)c1nc2ccc(C#N)cc2n1CCNC(N)=O. The number of benzene rings is 1. The first-order valence-electron chi connectivity index (χ1n) is 6.10. The van der Waals surface area contributed by atoms with Crippen LogP contribution in [0.2, 0.25) is 0 Å². The molecule has 1 heterocycles. The second-order valence-corrected chi connectivity index (χ2v) is 5.00. The molecule has 2 rings (SSSR count). The molecule has 0 aliphatic carbocycles. The highest BCUT2D eigenvalue weighted by molar-refractivity contribution is 6.20. The zero-order valence-electron chi connectivity index (χ0n) is 10.9. The summed E-state index contributed by atoms with van der Waals surface area (Å²) in [5.74, 6) is 0.697. The number of nitrogens with two attached hydrogens (primary N) is 1. The van der Waals surface area contributed by atoms with Gasteiger partial charge in [-0.25, -0.2) is 9.78 Å². The van der Waals surface area contributed by atoms with Gasteiger partial charge in [0.15, 0.2) is 0 Å². The number of nitrogens with zero attached hydrogens (tertiary/aromatic N) is 3. The molecule has 20 heavy (non-hydrogen) atoms. The topological polar surface area (TPSA) is 96.7 Å². The number of alkyl halides is 1. The maximum absolute atomic E-state index is 10.7. The quantitative estimate of drug-likeness (QED) is 0.842. The van der Waals surface area contributed by atoms with Crippen LogP contribution in [0.25, 0.3) is 11.0 Å². The highest BCUT2D eigenvalue weighted by Crippen LogP contribution is 2.25. The number of halogens is 1. The predicted molar refractivity (Wildman–Crippen MR) is 76.3 cm³/mol. The number of hydrogen-bond acceptors (Lipinski definition) is 3. The molecule has 6 nitrogen and oxygen atoms in total. The van der Waals surface area contributed by atoms with Crippen LogP contribution in [0.15, 0.2) is 18.2 Å². The molecule has 1 aromatic carbocycles. The lowest BCUT2D eigenvalue weighted by molar-refractivity contribution is 0.248. The Kier molecular flexibility index (Phi) is 4.11. The smallest absolute Gasteiger partial charge is 0.312 e. The molecular formula is C13H14ClN5O. The zero-order valence-corrected chi connectivity index (χ0v) is 11.7. The maximum Gasteiger partial charge on any atom is 0.312 e. The fourth-order valence-electron chi connectivity index (χ4n) is 2.04. The fraction of sp³-hybridized carbons (Fsp3) is 0.308. The van der Waals surface area contributed by atoms with Gasteiger partial charge in [-0.05, 0) is 25.1 Å². The number of carbonyl (C=O) groups is 1. The molecule has 0 saturated carbocycles. The fourth-order valence-corrected chi connectivity index (χ4v) is 2.21. The first kappa shape index (κ1) is 14.2. The minimum Gasteiger partial charge on any atom is -0.352 e. The molecule has 1 atom stereocenters. The van der Waals surface area contributed by atoms with Crippen molar-refractivity contribution in [3.05, 3.63) is 29.6 Å². The number of urea groups is 1. The number of fused-ring (bicyclic) bond motifs is 1. The van der Waals surface area contributed by atoms with Crippen molar-refractivity contribution in [2.24, 2.45) is 5.73 Å². The highest BCUT2D eigenvalue weighted by atomic mass is 35.5. The minimum atomic E-state index is -0.576. The third kappa shape index (κ3) is 2.83. The van der Waals surface area contributed by atoms with E-state index in [0.717, 1.165) is 11.0 Å². The van der Waals surface area contributed by atoms with E-state index in [4.69, 9.17) is 22.6 Å². The summed E-state index contributed by atoms with van der Waals surface area (Å²) in [5.41, 5.74) is 7.18. The van der Waals surface area contributed by atoms with Crippen molar-refractivity contribution in [1.29, 1.82) is 5.26 Å². The van der Waals surface area contributed by atoms with E-state index >= 15 is 0 Å². The van der Waals surface area contributed by atoms with Crippen molar-refractivity contribution in [3.63, 3.8) is 0 Å². The monoisotopic (exact) mass is 291 g/mol. The molecular weight excluding hydrogens is 278 g/mol. The summed E-state index contributed by atoms with van der Waals surface area (Å²) in [5, 5.41) is 11.2. The summed E-state index contributed by atoms with van der Waals surface area (Å²) < 4.78 is 1.89. The van der Waals surface area contributed by atoms with Crippen LogP contribution in [-0.4, -0.2) is 22.1 Å². The first-order valence-corrected chi connectivity index (χ1v) is 6.54. The van der Waals surface area contributed by atoms with Crippen LogP contribution in [0.1, 0.15) is 23.7 Å². The Morgan fingerprint density at radius 3 is 3.00 bits per heavy atom. The van der Waals surface area contributed by atoms with E-state index in [0.29, 0.717) is 24.5 Å². The van der Waals surface area contributed by atoms with Gasteiger partial charge >= 0.3 is 6.03 Å². The predicted octanol–water partition coefficient (Wildman–Crippen LogP) is 1.88. The third-order valence-electron chi connectivity index (χ3n) is 2.90. The molecule has 7 heteroatoms. The molecule has 3 N–H and O–H groups in total. The Hall–Kier alpha value is -2.26. The van der Waals surface area contributed by atoms with Crippen LogP contribution >= 0.6 is 11.6 Å². The molecule has 2 aromatic rings. The molecule has 0 saturated heterocycles. The molecule has 0 aliphatic rings. The average Bonchev–Trinajstić information content (AvgIpc) is 2.76. The molecule has 0 fully saturated rings. The highest BCUT2D eigenvalue weighted by Gasteiger charge is 2.15. The van der Waals surface area contributed by atoms with Crippen LogP contribution in [0, 0.1) is 11.3 Å². The van der Waals surface area contributed by atoms with E-state index in [1.165, 1.54) is 0 Å². The zero-order chi connectivity index (χ0) is 14.7. The third-order valence-corrected chi connectivity index (χ3v) is 3.09. The van der Waals surface area contributed by atoms with Crippen LogP contribution in [0.4, 0.5) is 4.79 Å². The van der Waals surface area contributed by atoms with E-state index in [-0.39, 0.29) is 5.38 Å². The van der Waals surface area contributed by atoms with Crippen molar-refractivity contribution in [2.45, 2.75) is 18.8 Å². The van der Waals surface area contributed by atoms with Crippen molar-refractivity contribution in [2.75, 3.05) is 6.54 Å². The summed E-state index contributed by atoms with van der Waals surface area (Å²) in [6.07, 6.45) is 0. The van der Waals surface area contributed by atoms with E-state index in [9.17, 15) is 4.79 Å². The van der Waals surface area contributed by atoms with Gasteiger partial charge in [-0.1, -0.05) is 0 Å².